The number of ether oxygens (including phenoxy) is 2. The summed E-state index contributed by atoms with van der Waals surface area (Å²) < 4.78 is 51.2. The van der Waals surface area contributed by atoms with Gasteiger partial charge in [-0.3, -0.25) is 9.69 Å². The molecule has 2 aromatic heterocycles. The van der Waals surface area contributed by atoms with Crippen molar-refractivity contribution in [1.82, 2.24) is 19.9 Å². The number of alkyl halides is 3. The molecule has 4 aromatic rings. The molecule has 5 rings (SSSR count). The van der Waals surface area contributed by atoms with Crippen LogP contribution in [0.1, 0.15) is 12.0 Å². The number of fused-ring (bicyclic) bond motifs is 1. The van der Waals surface area contributed by atoms with Crippen LogP contribution in [0.5, 0.6) is 5.75 Å². The van der Waals surface area contributed by atoms with E-state index >= 15 is 0 Å². The number of urea groups is 1. The van der Waals surface area contributed by atoms with Crippen LogP contribution >= 0.6 is 0 Å². The zero-order chi connectivity index (χ0) is 29.5. The number of aromatic nitrogens is 3. The van der Waals surface area contributed by atoms with Gasteiger partial charge in [-0.25, -0.2) is 14.8 Å². The zero-order valence-corrected chi connectivity index (χ0v) is 22.3. The lowest BCUT2D eigenvalue weighted by Gasteiger charge is -2.26. The van der Waals surface area contributed by atoms with Crippen LogP contribution in [0.25, 0.3) is 11.0 Å². The van der Waals surface area contributed by atoms with Crippen LogP contribution < -0.4 is 26.1 Å². The van der Waals surface area contributed by atoms with Crippen molar-refractivity contribution in [1.29, 1.82) is 0 Å². The van der Waals surface area contributed by atoms with Gasteiger partial charge < -0.3 is 30.4 Å². The van der Waals surface area contributed by atoms with E-state index in [9.17, 15) is 22.8 Å². The fraction of sp³-hybridized carbons (Fsp3) is 0.286. The predicted octanol–water partition coefficient (Wildman–Crippen LogP) is 4.83. The van der Waals surface area contributed by atoms with Crippen molar-refractivity contribution < 1.29 is 27.4 Å². The Balaban J connectivity index is 1.22. The van der Waals surface area contributed by atoms with Crippen molar-refractivity contribution in [3.05, 3.63) is 76.8 Å². The molecule has 1 saturated heterocycles. The van der Waals surface area contributed by atoms with Crippen molar-refractivity contribution >= 4 is 39.9 Å². The number of hydrogen-bond acceptors (Lipinski definition) is 8. The van der Waals surface area contributed by atoms with Crippen LogP contribution in [0.15, 0.2) is 65.8 Å². The Hall–Kier alpha value is -4.69. The van der Waals surface area contributed by atoms with Gasteiger partial charge in [-0.2, -0.15) is 13.2 Å². The standard InChI is InChI=1S/C28H28F3N7O4/c29-28(30,31)18-2-7-23(42-13-1-10-38-11-14-41-15-12-38)21(16-18)37-27(40)36-20-5-3-19(4-6-20)35-26-24-22(39)8-9-32-25(24)33-17-34-26/h2-9,16-17H,1,10-15H2,(H2,36,37,40)(H2,32,33,34,35,39). The van der Waals surface area contributed by atoms with Crippen LogP contribution in [-0.2, 0) is 10.9 Å². The summed E-state index contributed by atoms with van der Waals surface area (Å²) in [5.41, 5.74) is 0.0675. The average Bonchev–Trinajstić information content (AvgIpc) is 2.97. The van der Waals surface area contributed by atoms with E-state index in [1.807, 2.05) is 0 Å². The highest BCUT2D eigenvalue weighted by molar-refractivity contribution is 6.01. The minimum absolute atomic E-state index is 0.104. The summed E-state index contributed by atoms with van der Waals surface area (Å²) in [5, 5.41) is 8.41. The maximum atomic E-state index is 13.4. The number of hydrogen-bond donors (Lipinski definition) is 4. The Morgan fingerprint density at radius 3 is 2.55 bits per heavy atom. The van der Waals surface area contributed by atoms with E-state index in [0.29, 0.717) is 47.9 Å². The van der Waals surface area contributed by atoms with Gasteiger partial charge in [-0.15, -0.1) is 0 Å². The topological polar surface area (TPSA) is 133 Å². The quantitative estimate of drug-likeness (QED) is 0.206. The van der Waals surface area contributed by atoms with Gasteiger partial charge in [0.25, 0.3) is 0 Å². The molecule has 0 saturated carbocycles. The first-order valence-corrected chi connectivity index (χ1v) is 13.2. The smallest absolute Gasteiger partial charge is 0.416 e. The van der Waals surface area contributed by atoms with Gasteiger partial charge >= 0.3 is 12.2 Å². The van der Waals surface area contributed by atoms with Crippen LogP contribution in [0, 0.1) is 0 Å². The lowest BCUT2D eigenvalue weighted by Crippen LogP contribution is -2.37. The molecule has 2 amide bonds. The lowest BCUT2D eigenvalue weighted by atomic mass is 10.1. The summed E-state index contributed by atoms with van der Waals surface area (Å²) in [5.74, 6) is 0.439. The van der Waals surface area contributed by atoms with Crippen molar-refractivity contribution in [3.63, 3.8) is 0 Å². The molecular formula is C28H28F3N7O4. The van der Waals surface area contributed by atoms with Crippen molar-refractivity contribution in [2.45, 2.75) is 12.6 Å². The summed E-state index contributed by atoms with van der Waals surface area (Å²) >= 11 is 0. The van der Waals surface area contributed by atoms with E-state index in [-0.39, 0.29) is 23.5 Å². The van der Waals surface area contributed by atoms with Gasteiger partial charge in [0.1, 0.15) is 28.9 Å². The molecular weight excluding hydrogens is 555 g/mol. The first-order chi connectivity index (χ1) is 20.3. The number of anilines is 4. The fourth-order valence-corrected chi connectivity index (χ4v) is 4.39. The van der Waals surface area contributed by atoms with Crippen molar-refractivity contribution in [2.75, 3.05) is 55.4 Å². The van der Waals surface area contributed by atoms with Gasteiger partial charge in [0.15, 0.2) is 5.43 Å². The second kappa shape index (κ2) is 12.9. The molecule has 11 nitrogen and oxygen atoms in total. The van der Waals surface area contributed by atoms with Gasteiger partial charge in [0.2, 0.25) is 0 Å². The third kappa shape index (κ3) is 7.33. The molecule has 3 heterocycles. The highest BCUT2D eigenvalue weighted by atomic mass is 19.4. The average molecular weight is 584 g/mol. The summed E-state index contributed by atoms with van der Waals surface area (Å²) in [7, 11) is 0. The number of H-pyrrole nitrogens is 1. The minimum Gasteiger partial charge on any atom is -0.491 e. The van der Waals surface area contributed by atoms with Gasteiger partial charge in [-0.1, -0.05) is 0 Å². The third-order valence-corrected chi connectivity index (χ3v) is 6.49. The number of pyridine rings is 1. The predicted molar refractivity (Wildman–Crippen MR) is 151 cm³/mol. The summed E-state index contributed by atoms with van der Waals surface area (Å²) in [4.78, 5) is 38.3. The number of carbonyl (C=O) groups is 1. The Kier molecular flexibility index (Phi) is 8.83. The molecule has 42 heavy (non-hydrogen) atoms. The maximum Gasteiger partial charge on any atom is 0.416 e. The number of aromatic amines is 1. The van der Waals surface area contributed by atoms with Gasteiger partial charge in [0.05, 0.1) is 31.1 Å². The Morgan fingerprint density at radius 1 is 1.02 bits per heavy atom. The maximum absolute atomic E-state index is 13.4. The molecule has 0 bridgehead atoms. The molecule has 0 radical (unpaired) electrons. The van der Waals surface area contributed by atoms with E-state index in [2.05, 4.69) is 35.8 Å². The number of amides is 2. The van der Waals surface area contributed by atoms with E-state index in [1.54, 1.807) is 24.3 Å². The molecule has 4 N–H and O–H groups in total. The number of benzene rings is 2. The van der Waals surface area contributed by atoms with E-state index in [1.165, 1.54) is 24.7 Å². The molecule has 1 aliphatic rings. The number of carbonyl (C=O) groups excluding carboxylic acids is 1. The monoisotopic (exact) mass is 583 g/mol. The summed E-state index contributed by atoms with van der Waals surface area (Å²) in [6.07, 6.45) is -1.12. The third-order valence-electron chi connectivity index (χ3n) is 6.49. The van der Waals surface area contributed by atoms with Gasteiger partial charge in [-0.05, 0) is 48.9 Å². The van der Waals surface area contributed by atoms with Gasteiger partial charge in [0, 0.05) is 43.3 Å². The van der Waals surface area contributed by atoms with Crippen molar-refractivity contribution in [2.24, 2.45) is 0 Å². The molecule has 0 spiro atoms. The van der Waals surface area contributed by atoms with Crippen molar-refractivity contribution in [3.8, 4) is 5.75 Å². The molecule has 0 unspecified atom stereocenters. The number of nitrogens with one attached hydrogen (secondary N) is 4. The number of rotatable bonds is 9. The van der Waals surface area contributed by atoms with Crippen LogP contribution in [0.4, 0.5) is 40.8 Å². The second-order valence-electron chi connectivity index (χ2n) is 9.43. The zero-order valence-electron chi connectivity index (χ0n) is 22.3. The Bertz CT molecular complexity index is 1580. The largest absolute Gasteiger partial charge is 0.491 e. The number of halogens is 3. The van der Waals surface area contributed by atoms with E-state index < -0.39 is 17.8 Å². The fourth-order valence-electron chi connectivity index (χ4n) is 4.39. The second-order valence-corrected chi connectivity index (χ2v) is 9.43. The first kappa shape index (κ1) is 28.8. The summed E-state index contributed by atoms with van der Waals surface area (Å²) in [6.45, 7) is 4.01. The number of nitrogens with zero attached hydrogens (tertiary/aromatic N) is 3. The molecule has 1 aliphatic heterocycles. The molecule has 14 heteroatoms. The van der Waals surface area contributed by atoms with Crippen LogP contribution in [-0.4, -0.2) is 65.3 Å². The van der Waals surface area contributed by atoms with Crippen LogP contribution in [0.2, 0.25) is 0 Å². The highest BCUT2D eigenvalue weighted by Gasteiger charge is 2.31. The Morgan fingerprint density at radius 2 is 1.79 bits per heavy atom. The normalized spacial score (nSPS) is 14.0. The first-order valence-electron chi connectivity index (χ1n) is 13.2. The molecule has 1 fully saturated rings. The summed E-state index contributed by atoms with van der Waals surface area (Å²) in [6, 6.07) is 10.1. The van der Waals surface area contributed by atoms with E-state index in [4.69, 9.17) is 9.47 Å². The number of morpholine rings is 1. The van der Waals surface area contributed by atoms with E-state index in [0.717, 1.165) is 31.8 Å². The lowest BCUT2D eigenvalue weighted by molar-refractivity contribution is -0.137. The van der Waals surface area contributed by atoms with Crippen LogP contribution in [0.3, 0.4) is 0 Å². The SMILES string of the molecule is O=C(Nc1ccc(Nc2ncnc3[nH]ccc(=O)c23)cc1)Nc1cc(C(F)(F)F)ccc1OCCCN1CCOCC1. The molecule has 220 valence electrons. The highest BCUT2D eigenvalue weighted by Crippen LogP contribution is 2.35. The molecule has 0 atom stereocenters. The molecule has 2 aromatic carbocycles. The minimum atomic E-state index is -4.59. The molecule has 0 aliphatic carbocycles. The Labute approximate surface area is 238 Å².